The fourth-order valence-electron chi connectivity index (χ4n) is 1.57. The van der Waals surface area contributed by atoms with E-state index in [1.165, 1.54) is 0 Å². The Labute approximate surface area is 131 Å². The van der Waals surface area contributed by atoms with Gasteiger partial charge >= 0.3 is 13.8 Å². The van der Waals surface area contributed by atoms with Gasteiger partial charge in [0.25, 0.3) is 0 Å². The van der Waals surface area contributed by atoms with Crippen LogP contribution in [0.3, 0.4) is 0 Å². The number of hydrogen-bond donors (Lipinski definition) is 2. The first-order chi connectivity index (χ1) is 11.1. The maximum Gasteiger partial charge on any atom is 0.432 e. The van der Waals surface area contributed by atoms with Crippen LogP contribution in [-0.4, -0.2) is 17.7 Å². The summed E-state index contributed by atoms with van der Waals surface area (Å²) in [6, 6.07) is 2.22. The van der Waals surface area contributed by atoms with Gasteiger partial charge in [-0.1, -0.05) is 6.07 Å². The molecule has 0 unspecified atom stereocenters. The summed E-state index contributed by atoms with van der Waals surface area (Å²) in [5.41, 5.74) is -1.73. The average Bonchev–Trinajstić information content (AvgIpc) is 2.44. The fraction of sp³-hybridized carbons (Fsp3) is 0.0769. The highest BCUT2D eigenvalue weighted by Gasteiger charge is 2.41. The van der Waals surface area contributed by atoms with Crippen molar-refractivity contribution in [2.45, 2.75) is 6.11 Å². The summed E-state index contributed by atoms with van der Waals surface area (Å²) in [7, 11) is -0.750. The first kappa shape index (κ1) is 19.8. The number of halogens is 7. The predicted molar refractivity (Wildman–Crippen MR) is 68.8 cm³/mol. The van der Waals surface area contributed by atoms with Crippen molar-refractivity contribution in [2.24, 2.45) is 0 Å². The summed E-state index contributed by atoms with van der Waals surface area (Å²) >= 11 is 0. The standard InChI is InChI=1S/C13H5F7O.BH3O2/c14-7-2-1-3-8(15)11(7)13(19,20)21-6-4-9(16)12(18)10(17)5-6;2-1-3/h1-5H;1-3H. The molecule has 0 saturated heterocycles. The van der Waals surface area contributed by atoms with E-state index in [9.17, 15) is 30.7 Å². The van der Waals surface area contributed by atoms with Gasteiger partial charge in [-0.25, -0.2) is 22.0 Å². The van der Waals surface area contributed by atoms with Crippen LogP contribution in [0.15, 0.2) is 30.3 Å². The number of ether oxygens (including phenoxy) is 1. The van der Waals surface area contributed by atoms with Gasteiger partial charge in [0.2, 0.25) is 0 Å². The van der Waals surface area contributed by atoms with Crippen LogP contribution in [0.5, 0.6) is 5.75 Å². The largest absolute Gasteiger partial charge is 0.432 e. The van der Waals surface area contributed by atoms with E-state index in [0.717, 1.165) is 6.07 Å². The zero-order chi connectivity index (χ0) is 18.5. The Kier molecular flexibility index (Phi) is 6.61. The van der Waals surface area contributed by atoms with Crippen molar-refractivity contribution in [2.75, 3.05) is 0 Å². The highest BCUT2D eigenvalue weighted by atomic mass is 19.3. The van der Waals surface area contributed by atoms with Crippen LogP contribution in [-0.2, 0) is 6.11 Å². The Morgan fingerprint density at radius 1 is 0.833 bits per heavy atom. The molecule has 0 fully saturated rings. The molecule has 0 spiro atoms. The zero-order valence-corrected chi connectivity index (χ0v) is 11.5. The molecule has 0 aliphatic heterocycles. The summed E-state index contributed by atoms with van der Waals surface area (Å²) < 4.78 is 96.3. The van der Waals surface area contributed by atoms with Crippen LogP contribution in [0.2, 0.25) is 0 Å². The van der Waals surface area contributed by atoms with Crippen LogP contribution >= 0.6 is 0 Å². The lowest BCUT2D eigenvalue weighted by molar-refractivity contribution is -0.189. The van der Waals surface area contributed by atoms with E-state index in [1.54, 1.807) is 0 Å². The van der Waals surface area contributed by atoms with E-state index in [1.807, 2.05) is 0 Å². The molecule has 11 heteroatoms. The summed E-state index contributed by atoms with van der Waals surface area (Å²) in [5, 5.41) is 14.2. The highest BCUT2D eigenvalue weighted by Crippen LogP contribution is 2.35. The molecule has 3 nitrogen and oxygen atoms in total. The smallest absolute Gasteiger partial charge is 0.430 e. The fourth-order valence-corrected chi connectivity index (χ4v) is 1.57. The minimum atomic E-state index is -4.55. The van der Waals surface area contributed by atoms with Gasteiger partial charge in [0.05, 0.1) is 0 Å². The Hall–Kier alpha value is -2.27. The Morgan fingerprint density at radius 3 is 1.67 bits per heavy atom. The van der Waals surface area contributed by atoms with Crippen LogP contribution in [0, 0.1) is 29.1 Å². The van der Waals surface area contributed by atoms with Crippen molar-refractivity contribution in [3.63, 3.8) is 0 Å². The number of hydrogen-bond acceptors (Lipinski definition) is 3. The molecule has 0 amide bonds. The predicted octanol–water partition coefficient (Wildman–Crippen LogP) is 2.75. The molecule has 24 heavy (non-hydrogen) atoms. The van der Waals surface area contributed by atoms with Gasteiger partial charge in [0.1, 0.15) is 22.9 Å². The molecule has 0 bridgehead atoms. The van der Waals surface area contributed by atoms with E-state index < -0.39 is 54.2 Å². The van der Waals surface area contributed by atoms with Crippen molar-refractivity contribution in [3.05, 3.63) is 65.0 Å². The lowest BCUT2D eigenvalue weighted by Gasteiger charge is -2.19. The van der Waals surface area contributed by atoms with Gasteiger partial charge in [0.15, 0.2) is 17.5 Å². The van der Waals surface area contributed by atoms with Crippen molar-refractivity contribution in [1.29, 1.82) is 0 Å². The topological polar surface area (TPSA) is 49.7 Å². The number of alkyl halides is 2. The number of benzene rings is 2. The molecule has 130 valence electrons. The quantitative estimate of drug-likeness (QED) is 0.505. The van der Waals surface area contributed by atoms with Crippen molar-refractivity contribution >= 4 is 7.69 Å². The second kappa shape index (κ2) is 8.02. The Morgan fingerprint density at radius 2 is 1.25 bits per heavy atom. The molecule has 2 rings (SSSR count). The molecule has 2 N–H and O–H groups in total. The zero-order valence-electron chi connectivity index (χ0n) is 11.5. The minimum Gasteiger partial charge on any atom is -0.430 e. The van der Waals surface area contributed by atoms with E-state index in [-0.39, 0.29) is 12.1 Å². The molecule has 0 heterocycles. The maximum atomic E-state index is 13.7. The van der Waals surface area contributed by atoms with E-state index in [2.05, 4.69) is 4.74 Å². The van der Waals surface area contributed by atoms with E-state index in [0.29, 0.717) is 12.1 Å². The van der Waals surface area contributed by atoms with Crippen LogP contribution < -0.4 is 4.74 Å². The molecule has 2 aromatic rings. The minimum absolute atomic E-state index is 0.130. The molecule has 0 radical (unpaired) electrons. The summed E-state index contributed by atoms with van der Waals surface area (Å²) in [6.45, 7) is 0. The molecular formula is C13H8BF7O3. The molecule has 0 saturated carbocycles. The molecule has 0 aliphatic carbocycles. The van der Waals surface area contributed by atoms with Gasteiger partial charge in [-0.05, 0) is 12.1 Å². The number of rotatable bonds is 3. The van der Waals surface area contributed by atoms with Crippen molar-refractivity contribution in [1.82, 2.24) is 0 Å². The van der Waals surface area contributed by atoms with E-state index >= 15 is 0 Å². The molecule has 0 atom stereocenters. The normalized spacial score (nSPS) is 10.7. The summed E-state index contributed by atoms with van der Waals surface area (Å²) in [6.07, 6.45) is -4.55. The third kappa shape index (κ3) is 4.62. The van der Waals surface area contributed by atoms with Crippen LogP contribution in [0.4, 0.5) is 30.7 Å². The molecule has 2 aromatic carbocycles. The van der Waals surface area contributed by atoms with Crippen molar-refractivity contribution < 1.29 is 45.5 Å². The SMILES string of the molecule is Fc1cc(OC(F)(F)c2c(F)cccc2F)cc(F)c1F.OBO. The average molecular weight is 356 g/mol. The van der Waals surface area contributed by atoms with Gasteiger partial charge in [-0.15, -0.1) is 0 Å². The van der Waals surface area contributed by atoms with Crippen LogP contribution in [0.1, 0.15) is 5.56 Å². The van der Waals surface area contributed by atoms with E-state index in [4.69, 9.17) is 10.0 Å². The van der Waals surface area contributed by atoms with Gasteiger partial charge < -0.3 is 14.8 Å². The van der Waals surface area contributed by atoms with Crippen LogP contribution in [0.25, 0.3) is 0 Å². The van der Waals surface area contributed by atoms with Gasteiger partial charge in [-0.3, -0.25) is 0 Å². The second-order valence-electron chi connectivity index (χ2n) is 4.06. The Bertz CT molecular complexity index is 669. The van der Waals surface area contributed by atoms with Crippen molar-refractivity contribution in [3.8, 4) is 5.75 Å². The summed E-state index contributed by atoms with van der Waals surface area (Å²) in [4.78, 5) is 0. The highest BCUT2D eigenvalue weighted by molar-refractivity contribution is 6.13. The lowest BCUT2D eigenvalue weighted by atomic mass is 10.2. The molecular weight excluding hydrogens is 348 g/mol. The monoisotopic (exact) mass is 356 g/mol. The maximum absolute atomic E-state index is 13.7. The van der Waals surface area contributed by atoms with Gasteiger partial charge in [0, 0.05) is 12.1 Å². The third-order valence-electron chi connectivity index (χ3n) is 2.46. The summed E-state index contributed by atoms with van der Waals surface area (Å²) in [5.74, 6) is -9.79. The molecule has 0 aliphatic rings. The third-order valence-corrected chi connectivity index (χ3v) is 2.46. The second-order valence-corrected chi connectivity index (χ2v) is 4.06. The first-order valence-electron chi connectivity index (χ1n) is 6.01. The van der Waals surface area contributed by atoms with Gasteiger partial charge in [-0.2, -0.15) is 8.78 Å². The Balaban J connectivity index is 0.000000891. The lowest BCUT2D eigenvalue weighted by Crippen LogP contribution is -2.25. The first-order valence-corrected chi connectivity index (χ1v) is 6.01. The molecule has 0 aromatic heterocycles.